The van der Waals surface area contributed by atoms with Crippen LogP contribution in [0.25, 0.3) is 0 Å². The van der Waals surface area contributed by atoms with Crippen molar-refractivity contribution in [2.45, 2.75) is 24.3 Å². The van der Waals surface area contributed by atoms with Crippen molar-refractivity contribution in [1.82, 2.24) is 14.2 Å². The summed E-state index contributed by atoms with van der Waals surface area (Å²) in [6.45, 7) is 0.655. The van der Waals surface area contributed by atoms with Gasteiger partial charge in [-0.25, -0.2) is 17.1 Å². The van der Waals surface area contributed by atoms with Gasteiger partial charge < -0.3 is 4.90 Å². The Morgan fingerprint density at radius 3 is 2.46 bits per heavy atom. The molecule has 0 aliphatic carbocycles. The van der Waals surface area contributed by atoms with Gasteiger partial charge in [0.25, 0.3) is 0 Å². The number of aromatic nitrogens is 1. The van der Waals surface area contributed by atoms with Crippen molar-refractivity contribution in [2.24, 2.45) is 0 Å². The Bertz CT molecular complexity index is 827. The molecule has 0 bridgehead atoms. The van der Waals surface area contributed by atoms with Crippen LogP contribution in [-0.4, -0.2) is 49.2 Å². The normalized spacial score (nSPS) is 11.5. The second kappa shape index (κ2) is 8.86. The highest BCUT2D eigenvalue weighted by Crippen LogP contribution is 2.15. The monoisotopic (exact) mass is 379 g/mol. The lowest BCUT2D eigenvalue weighted by molar-refractivity contribution is -0.130. The van der Waals surface area contributed by atoms with Crippen molar-refractivity contribution in [3.63, 3.8) is 0 Å². The van der Waals surface area contributed by atoms with Crippen molar-refractivity contribution in [1.29, 1.82) is 0 Å². The van der Waals surface area contributed by atoms with Gasteiger partial charge in [-0.3, -0.25) is 9.78 Å². The fourth-order valence-corrected chi connectivity index (χ4v) is 3.61. The summed E-state index contributed by atoms with van der Waals surface area (Å²) in [5.74, 6) is -0.560. The van der Waals surface area contributed by atoms with Crippen LogP contribution in [0.15, 0.2) is 53.7 Å². The average Bonchev–Trinajstić information content (AvgIpc) is 2.62. The van der Waals surface area contributed by atoms with Crippen LogP contribution < -0.4 is 0 Å². The summed E-state index contributed by atoms with van der Waals surface area (Å²) in [5, 5.41) is 0. The Kier molecular flexibility index (Phi) is 6.82. The molecule has 0 saturated carbocycles. The maximum Gasteiger partial charge on any atom is 0.242 e. The maximum atomic E-state index is 12.9. The summed E-state index contributed by atoms with van der Waals surface area (Å²) in [5.41, 5.74) is 0.930. The van der Waals surface area contributed by atoms with Gasteiger partial charge in [0.15, 0.2) is 0 Å². The highest BCUT2D eigenvalue weighted by molar-refractivity contribution is 7.89. The predicted molar refractivity (Wildman–Crippen MR) is 96.2 cm³/mol. The lowest BCUT2D eigenvalue weighted by Gasteiger charge is -2.19. The number of carbonyl (C=O) groups excluding carboxylic acids is 1. The van der Waals surface area contributed by atoms with Gasteiger partial charge in [-0.15, -0.1) is 0 Å². The molecule has 0 spiro atoms. The van der Waals surface area contributed by atoms with Crippen LogP contribution in [0.2, 0.25) is 0 Å². The molecule has 2 aromatic rings. The Labute approximate surface area is 153 Å². The molecule has 0 saturated heterocycles. The van der Waals surface area contributed by atoms with E-state index in [0.29, 0.717) is 13.0 Å². The first kappa shape index (κ1) is 20.0. The van der Waals surface area contributed by atoms with Gasteiger partial charge >= 0.3 is 0 Å². The molecule has 1 aromatic heterocycles. The minimum atomic E-state index is -3.69. The van der Waals surface area contributed by atoms with Gasteiger partial charge in [0.05, 0.1) is 4.90 Å². The van der Waals surface area contributed by atoms with Crippen molar-refractivity contribution in [3.05, 3.63) is 60.2 Å². The smallest absolute Gasteiger partial charge is 0.242 e. The molecule has 1 heterocycles. The number of benzene rings is 1. The van der Waals surface area contributed by atoms with E-state index >= 15 is 0 Å². The minimum absolute atomic E-state index is 0.0291. The average molecular weight is 379 g/mol. The number of nitrogens with zero attached hydrogens (tertiary/aromatic N) is 3. The lowest BCUT2D eigenvalue weighted by atomic mass is 10.2. The number of hydrogen-bond donors (Lipinski definition) is 0. The van der Waals surface area contributed by atoms with E-state index in [9.17, 15) is 17.6 Å². The summed E-state index contributed by atoms with van der Waals surface area (Å²) in [7, 11) is -0.539. The SMILES string of the molecule is CN(Cc1cccnc1)C(=O)CCCN(C)S(=O)(=O)c1ccc(F)cc1. The van der Waals surface area contributed by atoms with E-state index in [1.54, 1.807) is 24.3 Å². The zero-order valence-corrected chi connectivity index (χ0v) is 15.6. The third-order valence-electron chi connectivity index (χ3n) is 3.95. The second-order valence-corrected chi connectivity index (χ2v) is 8.04. The van der Waals surface area contributed by atoms with Gasteiger partial charge in [-0.1, -0.05) is 6.07 Å². The Morgan fingerprint density at radius 2 is 1.85 bits per heavy atom. The van der Waals surface area contributed by atoms with E-state index in [4.69, 9.17) is 0 Å². The zero-order valence-electron chi connectivity index (χ0n) is 14.8. The number of halogens is 1. The highest BCUT2D eigenvalue weighted by Gasteiger charge is 2.21. The molecule has 1 amide bonds. The Balaban J connectivity index is 1.84. The van der Waals surface area contributed by atoms with E-state index in [1.165, 1.54) is 23.5 Å². The van der Waals surface area contributed by atoms with Crippen molar-refractivity contribution in [2.75, 3.05) is 20.6 Å². The van der Waals surface area contributed by atoms with Crippen molar-refractivity contribution >= 4 is 15.9 Å². The van der Waals surface area contributed by atoms with E-state index in [-0.39, 0.29) is 23.8 Å². The summed E-state index contributed by atoms with van der Waals surface area (Å²) in [6, 6.07) is 8.38. The van der Waals surface area contributed by atoms with Gasteiger partial charge in [-0.05, 0) is 42.3 Å². The van der Waals surface area contributed by atoms with Gasteiger partial charge in [0.2, 0.25) is 15.9 Å². The first-order chi connectivity index (χ1) is 12.3. The van der Waals surface area contributed by atoms with Crippen LogP contribution in [0.3, 0.4) is 0 Å². The molecule has 140 valence electrons. The summed E-state index contributed by atoms with van der Waals surface area (Å²) >= 11 is 0. The number of carbonyl (C=O) groups is 1. The minimum Gasteiger partial charge on any atom is -0.341 e. The number of amides is 1. The third kappa shape index (κ3) is 5.34. The quantitative estimate of drug-likeness (QED) is 0.706. The molecule has 2 rings (SSSR count). The molecule has 8 heteroatoms. The molecule has 26 heavy (non-hydrogen) atoms. The fourth-order valence-electron chi connectivity index (χ4n) is 2.40. The molecule has 0 aliphatic rings. The van der Waals surface area contributed by atoms with Crippen molar-refractivity contribution in [3.8, 4) is 0 Å². The molecule has 0 radical (unpaired) electrons. The van der Waals surface area contributed by atoms with Crippen LogP contribution in [0.5, 0.6) is 0 Å². The van der Waals surface area contributed by atoms with Gasteiger partial charge in [0, 0.05) is 46.0 Å². The largest absolute Gasteiger partial charge is 0.341 e. The molecule has 0 N–H and O–H groups in total. The van der Waals surface area contributed by atoms with Crippen LogP contribution in [0, 0.1) is 5.82 Å². The number of rotatable bonds is 8. The summed E-state index contributed by atoms with van der Waals surface area (Å²) < 4.78 is 38.9. The number of pyridine rings is 1. The molecule has 0 atom stereocenters. The molecule has 0 unspecified atom stereocenters. The number of hydrogen-bond acceptors (Lipinski definition) is 4. The summed E-state index contributed by atoms with van der Waals surface area (Å²) in [6.07, 6.45) is 4.00. The Hall–Kier alpha value is -2.32. The van der Waals surface area contributed by atoms with E-state index in [2.05, 4.69) is 4.98 Å². The molecular formula is C18H22FN3O3S. The summed E-state index contributed by atoms with van der Waals surface area (Å²) in [4.78, 5) is 17.8. The third-order valence-corrected chi connectivity index (χ3v) is 5.82. The molecule has 6 nitrogen and oxygen atoms in total. The van der Waals surface area contributed by atoms with Crippen LogP contribution in [0.4, 0.5) is 4.39 Å². The molecular weight excluding hydrogens is 357 g/mol. The standard InChI is InChI=1S/C18H22FN3O3S/c1-21(14-15-5-3-11-20-13-15)18(23)6-4-12-22(2)26(24,25)17-9-7-16(19)8-10-17/h3,5,7-11,13H,4,6,12,14H2,1-2H3. The predicted octanol–water partition coefficient (Wildman–Crippen LogP) is 2.28. The van der Waals surface area contributed by atoms with E-state index < -0.39 is 15.8 Å². The topological polar surface area (TPSA) is 70.6 Å². The Morgan fingerprint density at radius 1 is 1.15 bits per heavy atom. The maximum absolute atomic E-state index is 12.9. The van der Waals surface area contributed by atoms with E-state index in [0.717, 1.165) is 17.7 Å². The first-order valence-electron chi connectivity index (χ1n) is 8.15. The highest BCUT2D eigenvalue weighted by atomic mass is 32.2. The van der Waals surface area contributed by atoms with Crippen molar-refractivity contribution < 1.29 is 17.6 Å². The molecule has 0 aliphatic heterocycles. The van der Waals surface area contributed by atoms with Gasteiger partial charge in [0.1, 0.15) is 5.82 Å². The van der Waals surface area contributed by atoms with Crippen LogP contribution >= 0.6 is 0 Å². The second-order valence-electron chi connectivity index (χ2n) is 6.00. The van der Waals surface area contributed by atoms with E-state index in [1.807, 2.05) is 12.1 Å². The van der Waals surface area contributed by atoms with Crippen LogP contribution in [0.1, 0.15) is 18.4 Å². The molecule has 0 fully saturated rings. The van der Waals surface area contributed by atoms with Crippen LogP contribution in [-0.2, 0) is 21.4 Å². The lowest BCUT2D eigenvalue weighted by Crippen LogP contribution is -2.30. The first-order valence-corrected chi connectivity index (χ1v) is 9.59. The molecule has 1 aromatic carbocycles. The number of sulfonamides is 1. The zero-order chi connectivity index (χ0) is 19.2. The fraction of sp³-hybridized carbons (Fsp3) is 0.333. The van der Waals surface area contributed by atoms with Gasteiger partial charge in [-0.2, -0.15) is 0 Å².